The van der Waals surface area contributed by atoms with Gasteiger partial charge in [-0.2, -0.15) is 0 Å². The summed E-state index contributed by atoms with van der Waals surface area (Å²) in [6.45, 7) is 4.12. The molecule has 0 amide bonds. The van der Waals surface area contributed by atoms with Crippen molar-refractivity contribution in [2.45, 2.75) is 25.1 Å². The molecule has 5 heteroatoms. The second-order valence-corrected chi connectivity index (χ2v) is 9.09. The first kappa shape index (κ1) is 14.5. The molecule has 0 aliphatic carbocycles. The largest absolute Gasteiger partial charge is 0.229 e. The highest BCUT2D eigenvalue weighted by Crippen LogP contribution is 2.40. The first-order chi connectivity index (χ1) is 8.30. The fourth-order valence-electron chi connectivity index (χ4n) is 2.41. The molecule has 2 atom stereocenters. The molecule has 1 aliphatic heterocycles. The Hall–Kier alpha value is 0.130. The minimum absolute atomic E-state index is 0.126. The third kappa shape index (κ3) is 2.99. The molecule has 0 saturated carbocycles. The van der Waals surface area contributed by atoms with Gasteiger partial charge in [0.15, 0.2) is 9.84 Å². The summed E-state index contributed by atoms with van der Waals surface area (Å²) in [4.78, 5) is 0.126. The Morgan fingerprint density at radius 2 is 1.94 bits per heavy atom. The number of hydrogen-bond donors (Lipinski definition) is 0. The summed E-state index contributed by atoms with van der Waals surface area (Å²) in [5, 5.41) is 0. The van der Waals surface area contributed by atoms with Gasteiger partial charge in [-0.05, 0) is 48.9 Å². The van der Waals surface area contributed by atoms with Crippen LogP contribution in [-0.4, -0.2) is 19.9 Å². The highest BCUT2D eigenvalue weighted by Gasteiger charge is 2.33. The number of halogens is 2. The minimum atomic E-state index is -2.82. The van der Waals surface area contributed by atoms with Crippen LogP contribution in [0.3, 0.4) is 0 Å². The highest BCUT2D eigenvalue weighted by molar-refractivity contribution is 9.10. The topological polar surface area (TPSA) is 34.1 Å². The molecule has 1 fully saturated rings. The zero-order valence-electron chi connectivity index (χ0n) is 10.4. The Labute approximate surface area is 125 Å². The first-order valence-corrected chi connectivity index (χ1v) is 9.44. The van der Waals surface area contributed by atoms with E-state index in [1.165, 1.54) is 16.7 Å². The van der Waals surface area contributed by atoms with Crippen molar-refractivity contribution in [3.63, 3.8) is 0 Å². The van der Waals surface area contributed by atoms with Crippen LogP contribution >= 0.6 is 31.9 Å². The average molecular weight is 396 g/mol. The molecule has 0 bridgehead atoms. The van der Waals surface area contributed by atoms with E-state index >= 15 is 0 Å². The highest BCUT2D eigenvalue weighted by atomic mass is 79.9. The van der Waals surface area contributed by atoms with Crippen LogP contribution in [0.1, 0.15) is 27.9 Å². The van der Waals surface area contributed by atoms with E-state index in [0.717, 1.165) is 10.9 Å². The van der Waals surface area contributed by atoms with Crippen molar-refractivity contribution in [2.24, 2.45) is 5.92 Å². The van der Waals surface area contributed by atoms with Gasteiger partial charge >= 0.3 is 0 Å². The molecule has 18 heavy (non-hydrogen) atoms. The number of alkyl halides is 1. The lowest BCUT2D eigenvalue weighted by atomic mass is 9.94. The fourth-order valence-corrected chi connectivity index (χ4v) is 5.90. The normalized spacial score (nSPS) is 24.1. The van der Waals surface area contributed by atoms with E-state index < -0.39 is 9.84 Å². The van der Waals surface area contributed by atoms with Crippen LogP contribution in [-0.2, 0) is 9.84 Å². The van der Waals surface area contributed by atoms with Crippen molar-refractivity contribution in [1.29, 1.82) is 0 Å². The monoisotopic (exact) mass is 394 g/mol. The molecule has 0 aromatic heterocycles. The number of benzene rings is 1. The SMILES string of the molecule is Cc1cc(C(Br)C2CCS(=O)(=O)C2)c(C)cc1Br. The Morgan fingerprint density at radius 1 is 1.28 bits per heavy atom. The fraction of sp³-hybridized carbons (Fsp3) is 0.538. The van der Waals surface area contributed by atoms with E-state index in [-0.39, 0.29) is 10.7 Å². The summed E-state index contributed by atoms with van der Waals surface area (Å²) >= 11 is 7.21. The molecule has 2 rings (SSSR count). The van der Waals surface area contributed by atoms with Crippen LogP contribution in [0.15, 0.2) is 16.6 Å². The second kappa shape index (κ2) is 5.25. The van der Waals surface area contributed by atoms with Gasteiger partial charge < -0.3 is 0 Å². The quantitative estimate of drug-likeness (QED) is 0.710. The maximum Gasteiger partial charge on any atom is 0.150 e. The predicted molar refractivity (Wildman–Crippen MR) is 82.0 cm³/mol. The van der Waals surface area contributed by atoms with Crippen LogP contribution in [0.2, 0.25) is 0 Å². The third-order valence-electron chi connectivity index (χ3n) is 3.53. The Bertz CT molecular complexity index is 567. The molecule has 0 N–H and O–H groups in total. The summed E-state index contributed by atoms with van der Waals surface area (Å²) in [7, 11) is -2.82. The van der Waals surface area contributed by atoms with E-state index in [1.807, 2.05) is 0 Å². The van der Waals surface area contributed by atoms with Crippen LogP contribution < -0.4 is 0 Å². The number of aryl methyl sites for hydroxylation is 2. The third-order valence-corrected chi connectivity index (χ3v) is 7.41. The second-order valence-electron chi connectivity index (χ2n) is 5.02. The van der Waals surface area contributed by atoms with Gasteiger partial charge in [0, 0.05) is 9.30 Å². The Kier molecular flexibility index (Phi) is 4.24. The van der Waals surface area contributed by atoms with Crippen LogP contribution in [0, 0.1) is 19.8 Å². The number of sulfone groups is 1. The van der Waals surface area contributed by atoms with E-state index in [1.54, 1.807) is 0 Å². The van der Waals surface area contributed by atoms with Gasteiger partial charge in [0.05, 0.1) is 11.5 Å². The van der Waals surface area contributed by atoms with Crippen molar-refractivity contribution in [3.8, 4) is 0 Å². The van der Waals surface area contributed by atoms with E-state index in [2.05, 4.69) is 57.8 Å². The Morgan fingerprint density at radius 3 is 2.50 bits per heavy atom. The predicted octanol–water partition coefficient (Wildman–Crippen LogP) is 3.94. The Balaban J connectivity index is 2.30. The zero-order valence-corrected chi connectivity index (χ0v) is 14.4. The van der Waals surface area contributed by atoms with Crippen LogP contribution in [0.4, 0.5) is 0 Å². The van der Waals surface area contributed by atoms with Crippen molar-refractivity contribution in [1.82, 2.24) is 0 Å². The standard InChI is InChI=1S/C13H16Br2O2S/c1-8-6-12(14)9(2)5-11(8)13(15)10-3-4-18(16,17)7-10/h5-6,10,13H,3-4,7H2,1-2H3. The van der Waals surface area contributed by atoms with Gasteiger partial charge in [-0.15, -0.1) is 0 Å². The molecule has 1 aromatic carbocycles. The molecule has 100 valence electrons. The summed E-state index contributed by atoms with van der Waals surface area (Å²) < 4.78 is 24.2. The summed E-state index contributed by atoms with van der Waals surface area (Å²) in [6.07, 6.45) is 0.757. The lowest BCUT2D eigenvalue weighted by molar-refractivity contribution is 0.578. The molecule has 1 saturated heterocycles. The maximum absolute atomic E-state index is 11.6. The molecule has 1 aromatic rings. The van der Waals surface area contributed by atoms with Crippen molar-refractivity contribution >= 4 is 41.7 Å². The van der Waals surface area contributed by atoms with Gasteiger partial charge in [-0.25, -0.2) is 8.42 Å². The van der Waals surface area contributed by atoms with Gasteiger partial charge in [0.2, 0.25) is 0 Å². The van der Waals surface area contributed by atoms with Crippen LogP contribution in [0.25, 0.3) is 0 Å². The van der Waals surface area contributed by atoms with Crippen molar-refractivity contribution in [3.05, 3.63) is 33.3 Å². The van der Waals surface area contributed by atoms with Gasteiger partial charge in [0.1, 0.15) is 0 Å². The lowest BCUT2D eigenvalue weighted by Gasteiger charge is -2.19. The maximum atomic E-state index is 11.6. The van der Waals surface area contributed by atoms with Crippen molar-refractivity contribution in [2.75, 3.05) is 11.5 Å². The number of rotatable bonds is 2. The van der Waals surface area contributed by atoms with Gasteiger partial charge in [-0.1, -0.05) is 37.9 Å². The molecule has 2 unspecified atom stereocenters. The minimum Gasteiger partial charge on any atom is -0.229 e. The van der Waals surface area contributed by atoms with E-state index in [9.17, 15) is 8.42 Å². The molecular formula is C13H16Br2O2S. The lowest BCUT2D eigenvalue weighted by Crippen LogP contribution is -2.11. The molecule has 1 heterocycles. The smallest absolute Gasteiger partial charge is 0.150 e. The summed E-state index contributed by atoms with van der Waals surface area (Å²) in [5.74, 6) is 0.820. The summed E-state index contributed by atoms with van der Waals surface area (Å²) in [6, 6.07) is 4.24. The molecule has 0 spiro atoms. The molecular weight excluding hydrogens is 380 g/mol. The molecule has 0 radical (unpaired) electrons. The first-order valence-electron chi connectivity index (χ1n) is 5.91. The van der Waals surface area contributed by atoms with Crippen LogP contribution in [0.5, 0.6) is 0 Å². The summed E-state index contributed by atoms with van der Waals surface area (Å²) in [5.41, 5.74) is 3.58. The van der Waals surface area contributed by atoms with Crippen molar-refractivity contribution < 1.29 is 8.42 Å². The molecule has 2 nitrogen and oxygen atoms in total. The number of hydrogen-bond acceptors (Lipinski definition) is 2. The van der Waals surface area contributed by atoms with E-state index in [4.69, 9.17) is 0 Å². The average Bonchev–Trinajstić information content (AvgIpc) is 2.63. The zero-order chi connectivity index (χ0) is 13.5. The van der Waals surface area contributed by atoms with Gasteiger partial charge in [-0.3, -0.25) is 0 Å². The molecule has 1 aliphatic rings. The van der Waals surface area contributed by atoms with E-state index in [0.29, 0.717) is 11.5 Å². The van der Waals surface area contributed by atoms with Gasteiger partial charge in [0.25, 0.3) is 0 Å².